The fourth-order valence-electron chi connectivity index (χ4n) is 4.40. The molecule has 0 fully saturated rings. The number of ketones is 1. The summed E-state index contributed by atoms with van der Waals surface area (Å²) in [6, 6.07) is 21.6. The van der Waals surface area contributed by atoms with Crippen LogP contribution in [-0.2, 0) is 41.4 Å². The summed E-state index contributed by atoms with van der Waals surface area (Å²) < 4.78 is 20.8. The highest BCUT2D eigenvalue weighted by atomic mass is 16.6. The van der Waals surface area contributed by atoms with Gasteiger partial charge in [-0.05, 0) is 64.3 Å². The van der Waals surface area contributed by atoms with E-state index in [-0.39, 0.29) is 37.7 Å². The summed E-state index contributed by atoms with van der Waals surface area (Å²) in [6.07, 6.45) is -1.66. The standard InChI is InChI=1S/C36H42N2O9/c1-6-44-33(41)31(34(42)45-7-2)46-28-19-15-24(16-20-28)21-22-37-32(40)29(38-35(43)47-36(3,4)5)23-25-13-17-27(18-14-25)30(39)26-11-9-8-10-12-26/h8-20,29,31H,6-7,21-23H2,1-5H3,(H,37,40)(H,38,43). The van der Waals surface area contributed by atoms with Crippen LogP contribution in [0.4, 0.5) is 4.79 Å². The summed E-state index contributed by atoms with van der Waals surface area (Å²) in [6.45, 7) is 8.85. The van der Waals surface area contributed by atoms with Crippen molar-refractivity contribution in [3.8, 4) is 5.75 Å². The van der Waals surface area contributed by atoms with Crippen LogP contribution >= 0.6 is 0 Å². The van der Waals surface area contributed by atoms with E-state index in [1.165, 1.54) is 0 Å². The number of alkyl carbamates (subject to hydrolysis) is 1. The van der Waals surface area contributed by atoms with Crippen LogP contribution in [0.3, 0.4) is 0 Å². The average Bonchev–Trinajstić information content (AvgIpc) is 3.03. The van der Waals surface area contributed by atoms with Gasteiger partial charge in [-0.15, -0.1) is 0 Å². The van der Waals surface area contributed by atoms with Gasteiger partial charge in [0.05, 0.1) is 13.2 Å². The number of esters is 2. The van der Waals surface area contributed by atoms with Crippen LogP contribution in [-0.4, -0.2) is 67.2 Å². The molecule has 0 aromatic heterocycles. The average molecular weight is 647 g/mol. The third kappa shape index (κ3) is 11.9. The van der Waals surface area contributed by atoms with Gasteiger partial charge in [0, 0.05) is 24.1 Å². The van der Waals surface area contributed by atoms with Crippen LogP contribution in [0.2, 0.25) is 0 Å². The smallest absolute Gasteiger partial charge is 0.408 e. The van der Waals surface area contributed by atoms with Gasteiger partial charge in [-0.2, -0.15) is 0 Å². The van der Waals surface area contributed by atoms with E-state index in [0.717, 1.165) is 11.1 Å². The zero-order valence-corrected chi connectivity index (χ0v) is 27.4. The lowest BCUT2D eigenvalue weighted by molar-refractivity contribution is -0.166. The minimum Gasteiger partial charge on any atom is -0.467 e. The monoisotopic (exact) mass is 646 g/mol. The first-order chi connectivity index (χ1) is 22.4. The topological polar surface area (TPSA) is 146 Å². The Hall–Kier alpha value is -5.19. The number of hydrogen-bond acceptors (Lipinski definition) is 9. The molecule has 3 aromatic carbocycles. The molecule has 1 atom stereocenters. The first-order valence-corrected chi connectivity index (χ1v) is 15.4. The molecule has 0 heterocycles. The Morgan fingerprint density at radius 2 is 1.28 bits per heavy atom. The van der Waals surface area contributed by atoms with E-state index in [0.29, 0.717) is 17.5 Å². The fourth-order valence-corrected chi connectivity index (χ4v) is 4.40. The third-order valence-corrected chi connectivity index (χ3v) is 6.59. The van der Waals surface area contributed by atoms with Crippen LogP contribution < -0.4 is 15.4 Å². The predicted molar refractivity (Wildman–Crippen MR) is 174 cm³/mol. The van der Waals surface area contributed by atoms with Crippen molar-refractivity contribution in [2.24, 2.45) is 0 Å². The van der Waals surface area contributed by atoms with E-state index < -0.39 is 41.7 Å². The first kappa shape index (κ1) is 36.3. The second-order valence-corrected chi connectivity index (χ2v) is 11.5. The molecule has 11 heteroatoms. The lowest BCUT2D eigenvalue weighted by Gasteiger charge is -2.23. The highest BCUT2D eigenvalue weighted by molar-refractivity contribution is 6.09. The Morgan fingerprint density at radius 3 is 1.83 bits per heavy atom. The van der Waals surface area contributed by atoms with Gasteiger partial charge in [0.1, 0.15) is 17.4 Å². The van der Waals surface area contributed by atoms with Gasteiger partial charge >= 0.3 is 18.0 Å². The molecule has 3 aromatic rings. The van der Waals surface area contributed by atoms with Crippen molar-refractivity contribution in [2.75, 3.05) is 19.8 Å². The zero-order valence-electron chi connectivity index (χ0n) is 27.4. The molecule has 2 amide bonds. The van der Waals surface area contributed by atoms with E-state index in [1.54, 1.807) is 107 Å². The van der Waals surface area contributed by atoms with Gasteiger partial charge < -0.3 is 29.6 Å². The van der Waals surface area contributed by atoms with Crippen molar-refractivity contribution < 1.29 is 42.9 Å². The van der Waals surface area contributed by atoms with Crippen molar-refractivity contribution >= 4 is 29.7 Å². The van der Waals surface area contributed by atoms with E-state index >= 15 is 0 Å². The molecule has 1 unspecified atom stereocenters. The maximum Gasteiger partial charge on any atom is 0.408 e. The van der Waals surface area contributed by atoms with Crippen molar-refractivity contribution in [2.45, 2.75) is 65.2 Å². The SMILES string of the molecule is CCOC(=O)C(Oc1ccc(CCNC(=O)C(Cc2ccc(C(=O)c3ccccc3)cc2)NC(=O)OC(C)(C)C)cc1)C(=O)OCC. The molecule has 0 aliphatic rings. The number of hydrogen-bond donors (Lipinski definition) is 2. The second-order valence-electron chi connectivity index (χ2n) is 11.5. The first-order valence-electron chi connectivity index (χ1n) is 15.4. The van der Waals surface area contributed by atoms with E-state index in [4.69, 9.17) is 18.9 Å². The third-order valence-electron chi connectivity index (χ3n) is 6.59. The molecule has 0 aliphatic heterocycles. The largest absolute Gasteiger partial charge is 0.467 e. The lowest BCUT2D eigenvalue weighted by atomic mass is 9.99. The minimum absolute atomic E-state index is 0.0823. The molecule has 250 valence electrons. The van der Waals surface area contributed by atoms with Crippen molar-refractivity contribution in [3.05, 3.63) is 101 Å². The van der Waals surface area contributed by atoms with Crippen LogP contribution in [0, 0.1) is 0 Å². The summed E-state index contributed by atoms with van der Waals surface area (Å²) >= 11 is 0. The van der Waals surface area contributed by atoms with Gasteiger partial charge in [-0.3, -0.25) is 9.59 Å². The van der Waals surface area contributed by atoms with E-state index in [9.17, 15) is 24.0 Å². The van der Waals surface area contributed by atoms with Crippen LogP contribution in [0.25, 0.3) is 0 Å². The number of benzene rings is 3. The second kappa shape index (κ2) is 17.5. The Kier molecular flexibility index (Phi) is 13.5. The molecule has 0 saturated heterocycles. The van der Waals surface area contributed by atoms with Gasteiger partial charge in [0.2, 0.25) is 5.91 Å². The highest BCUT2D eigenvalue weighted by Gasteiger charge is 2.32. The molecule has 11 nitrogen and oxygen atoms in total. The Labute approximate surface area is 274 Å². The normalized spacial score (nSPS) is 11.6. The number of amides is 2. The number of nitrogens with one attached hydrogen (secondary N) is 2. The lowest BCUT2D eigenvalue weighted by Crippen LogP contribution is -2.49. The molecule has 0 bridgehead atoms. The summed E-state index contributed by atoms with van der Waals surface area (Å²) in [5, 5.41) is 5.52. The van der Waals surface area contributed by atoms with E-state index in [2.05, 4.69) is 10.6 Å². The quantitative estimate of drug-likeness (QED) is 0.105. The van der Waals surface area contributed by atoms with Crippen molar-refractivity contribution in [3.63, 3.8) is 0 Å². The maximum absolute atomic E-state index is 13.3. The van der Waals surface area contributed by atoms with Crippen LogP contribution in [0.1, 0.15) is 61.7 Å². The minimum atomic E-state index is -1.55. The number of carbonyl (C=O) groups is 5. The number of ether oxygens (including phenoxy) is 4. The van der Waals surface area contributed by atoms with Gasteiger partial charge in [0.25, 0.3) is 6.10 Å². The fraction of sp³-hybridized carbons (Fsp3) is 0.361. The molecule has 0 radical (unpaired) electrons. The van der Waals surface area contributed by atoms with Crippen molar-refractivity contribution in [1.29, 1.82) is 0 Å². The summed E-state index contributed by atoms with van der Waals surface area (Å²) in [5.41, 5.74) is 1.91. The van der Waals surface area contributed by atoms with Crippen molar-refractivity contribution in [1.82, 2.24) is 10.6 Å². The molecular weight excluding hydrogens is 604 g/mol. The predicted octanol–water partition coefficient (Wildman–Crippen LogP) is 4.59. The van der Waals surface area contributed by atoms with E-state index in [1.807, 2.05) is 6.07 Å². The molecule has 3 rings (SSSR count). The molecule has 47 heavy (non-hydrogen) atoms. The van der Waals surface area contributed by atoms with Crippen LogP contribution in [0.5, 0.6) is 5.75 Å². The van der Waals surface area contributed by atoms with Gasteiger partial charge in [0.15, 0.2) is 5.78 Å². The molecule has 2 N–H and O–H groups in total. The number of rotatable bonds is 15. The van der Waals surface area contributed by atoms with Gasteiger partial charge in [-0.25, -0.2) is 14.4 Å². The Balaban J connectivity index is 1.63. The molecular formula is C36H42N2O9. The maximum atomic E-state index is 13.3. The number of carbonyl (C=O) groups excluding carboxylic acids is 5. The van der Waals surface area contributed by atoms with Crippen LogP contribution in [0.15, 0.2) is 78.9 Å². The Bertz CT molecular complexity index is 1480. The summed E-state index contributed by atoms with van der Waals surface area (Å²) in [7, 11) is 0. The molecule has 0 saturated carbocycles. The molecule has 0 spiro atoms. The summed E-state index contributed by atoms with van der Waals surface area (Å²) in [4.78, 5) is 63.1. The Morgan fingerprint density at radius 1 is 0.723 bits per heavy atom. The highest BCUT2D eigenvalue weighted by Crippen LogP contribution is 2.17. The zero-order chi connectivity index (χ0) is 34.4. The van der Waals surface area contributed by atoms with Gasteiger partial charge in [-0.1, -0.05) is 66.7 Å². The summed E-state index contributed by atoms with van der Waals surface area (Å²) in [5.74, 6) is -1.95. The molecule has 0 aliphatic carbocycles.